The summed E-state index contributed by atoms with van der Waals surface area (Å²) in [7, 11) is -4.80. The van der Waals surface area contributed by atoms with Crippen LogP contribution in [0.15, 0.2) is 73.3 Å². The van der Waals surface area contributed by atoms with Crippen molar-refractivity contribution in [3.05, 3.63) is 86.0 Å². The lowest BCUT2D eigenvalue weighted by Crippen LogP contribution is -2.44. The summed E-state index contributed by atoms with van der Waals surface area (Å²) in [6.07, 6.45) is -1.09. The maximum absolute atomic E-state index is 13.1. The first-order valence-electron chi connectivity index (χ1n) is 22.9. The van der Waals surface area contributed by atoms with Gasteiger partial charge in [-0.1, -0.05) is 57.7 Å². The molecule has 1 unspecified atom stereocenters. The van der Waals surface area contributed by atoms with Crippen LogP contribution in [0.2, 0.25) is 0 Å². The number of ketones is 2. The van der Waals surface area contributed by atoms with Crippen molar-refractivity contribution >= 4 is 97.5 Å². The van der Waals surface area contributed by atoms with Crippen LogP contribution < -0.4 is 33.5 Å². The maximum Gasteiger partial charge on any atom is 0.367 e. The average Bonchev–Trinajstić information content (AvgIpc) is 3.89. The van der Waals surface area contributed by atoms with Gasteiger partial charge < -0.3 is 42.5 Å². The van der Waals surface area contributed by atoms with Crippen LogP contribution in [0.1, 0.15) is 90.1 Å². The molecule has 34 heteroatoms. The third kappa shape index (κ3) is 26.6. The number of aryl methyl sites for hydroxylation is 4. The number of carboxylic acid groups (broad SMARTS) is 4. The van der Waals surface area contributed by atoms with E-state index < -0.39 is 126 Å². The first-order valence-corrected chi connectivity index (χ1v) is 27.8. The molecule has 2 heterocycles. The van der Waals surface area contributed by atoms with E-state index in [-0.39, 0.29) is 82.1 Å². The number of carbonyl (C=O) groups excluding carboxylic acids is 4. The van der Waals surface area contributed by atoms with Crippen LogP contribution in [-0.2, 0) is 72.1 Å². The number of hydrogen-bond donors (Lipinski definition) is 9. The fourth-order valence-corrected chi connectivity index (χ4v) is 10.3. The predicted molar refractivity (Wildman–Crippen MR) is 300 cm³/mol. The predicted octanol–water partition coefficient (Wildman–Crippen LogP) is 0.224. The highest BCUT2D eigenvalue weighted by Crippen LogP contribution is 2.27. The molecule has 5 atom stereocenters. The van der Waals surface area contributed by atoms with Gasteiger partial charge >= 0.3 is 35.3 Å². The summed E-state index contributed by atoms with van der Waals surface area (Å²) in [6, 6.07) is 7.92. The SMILES string of the molecule is C.C.C.Cc1ccc(S(=O)(=O)/C=C/n2nnn(C)c2=O)cc1.Cc1ccc(S(=O)(=O)CC(SC[C@H](NC(=O)CC[C@H](N)C(=O)O)C(=O)CCC(=O)O)n2nnn(C)c2=O)cc1.N[C@@H](CCC(=O)N[C@@H](CS)C(=O)CCC(=O)O)C(=O)O. The van der Waals surface area contributed by atoms with Gasteiger partial charge in [-0.2, -0.15) is 31.4 Å². The van der Waals surface area contributed by atoms with Crippen molar-refractivity contribution in [2.45, 2.75) is 127 Å². The highest BCUT2D eigenvalue weighted by Gasteiger charge is 2.30. The number of tetrazole rings is 2. The lowest BCUT2D eigenvalue weighted by atomic mass is 10.1. The highest BCUT2D eigenvalue weighted by atomic mass is 32.2. The standard InChI is InChI=1S/C22H30N6O9S2.C11H12N4O3S.C11H18N2O6S.3CH4/c1-13-3-5-14(6-4-13)39(36,37)12-19(28-22(35)27(2)25-26-28)38-11-16(17(29)8-10-20(31)32)24-18(30)9-7-15(23)21(33)34;1-9-3-5-10(6-4-9)19(17,18)8-7-15-11(16)14(2)12-13-15;12-6(11(18)19)1-3-9(15)13-7(5-20)8(14)2-4-10(16)17;;;/h3-6,15-16,19H,7-12,23H2,1-2H3,(H,24,30)(H,31,32)(H,33,34);3-8H,1-2H3;6-7,20H,1-5,12H2,(H,13,15)(H,16,17)(H,18,19);3*1H4/b;8-7+;;;;/t15-,16-,19?;;6-,7-;;;/m0.0.../s1. The molecule has 0 aliphatic rings. The molecule has 0 radical (unpaired) electrons. The first-order chi connectivity index (χ1) is 36.4. The summed E-state index contributed by atoms with van der Waals surface area (Å²) in [6.45, 7) is 3.66. The fourth-order valence-electron chi connectivity index (χ4n) is 5.91. The number of Topliss-reactive ketones (excluding diaryl/α,β-unsaturated/α-hetero) is 2. The zero-order valence-corrected chi connectivity index (χ0v) is 45.7. The van der Waals surface area contributed by atoms with Gasteiger partial charge in [0, 0.05) is 57.5 Å². The molecule has 10 N–H and O–H groups in total. The molecular weight excluding hydrogens is 1150 g/mol. The number of aliphatic carboxylic acids is 4. The smallest absolute Gasteiger partial charge is 0.367 e. The molecule has 452 valence electrons. The Hall–Kier alpha value is -7.40. The Morgan fingerprint density at radius 3 is 1.44 bits per heavy atom. The van der Waals surface area contributed by atoms with Crippen LogP contribution in [-0.4, -0.2) is 166 Å². The Balaban J connectivity index is 0. The number of hydrogen-bond acceptors (Lipinski definition) is 22. The molecule has 0 saturated carbocycles. The number of amides is 2. The van der Waals surface area contributed by atoms with Crippen molar-refractivity contribution in [2.24, 2.45) is 25.6 Å². The van der Waals surface area contributed by atoms with Gasteiger partial charge in [0.15, 0.2) is 21.4 Å². The molecule has 0 spiro atoms. The molecule has 4 rings (SSSR count). The van der Waals surface area contributed by atoms with Crippen LogP contribution in [0.3, 0.4) is 0 Å². The molecule has 2 amide bonds. The summed E-state index contributed by atoms with van der Waals surface area (Å²) < 4.78 is 53.8. The number of nitrogens with two attached hydrogens (primary N) is 2. The van der Waals surface area contributed by atoms with E-state index in [4.69, 9.17) is 31.9 Å². The number of thiol groups is 1. The number of carbonyl (C=O) groups is 8. The summed E-state index contributed by atoms with van der Waals surface area (Å²) >= 11 is 4.75. The van der Waals surface area contributed by atoms with E-state index in [1.165, 1.54) is 38.4 Å². The van der Waals surface area contributed by atoms with Crippen molar-refractivity contribution < 1.29 is 75.6 Å². The lowest BCUT2D eigenvalue weighted by molar-refractivity contribution is -0.140. The van der Waals surface area contributed by atoms with Crippen LogP contribution >= 0.6 is 24.4 Å². The minimum Gasteiger partial charge on any atom is -0.481 e. The molecule has 0 aliphatic carbocycles. The topological polar surface area (TPSA) is 467 Å². The second kappa shape index (κ2) is 36.1. The third-order valence-corrected chi connectivity index (χ3v) is 15.5. The van der Waals surface area contributed by atoms with E-state index in [9.17, 15) is 64.8 Å². The van der Waals surface area contributed by atoms with Crippen LogP contribution in [0, 0.1) is 13.8 Å². The molecule has 2 aromatic heterocycles. The molecule has 4 aromatic rings. The van der Waals surface area contributed by atoms with Crippen LogP contribution in [0.4, 0.5) is 0 Å². The van der Waals surface area contributed by atoms with E-state index in [0.29, 0.717) is 0 Å². The zero-order chi connectivity index (χ0) is 59.1. The Labute approximate surface area is 476 Å². The van der Waals surface area contributed by atoms with Gasteiger partial charge in [-0.05, 0) is 71.8 Å². The number of nitrogens with zero attached hydrogens (tertiary/aromatic N) is 8. The van der Waals surface area contributed by atoms with Gasteiger partial charge in [-0.25, -0.2) is 26.4 Å². The summed E-state index contributed by atoms with van der Waals surface area (Å²) in [5, 5.41) is 53.7. The monoisotopic (exact) mass is 1220 g/mol. The molecule has 81 heavy (non-hydrogen) atoms. The van der Waals surface area contributed by atoms with Crippen molar-refractivity contribution in [1.82, 2.24) is 50.2 Å². The molecule has 0 aliphatic heterocycles. The Morgan fingerprint density at radius 2 is 1.05 bits per heavy atom. The van der Waals surface area contributed by atoms with E-state index in [1.807, 2.05) is 6.92 Å². The summed E-state index contributed by atoms with van der Waals surface area (Å²) in [5.41, 5.74) is 11.2. The third-order valence-electron chi connectivity index (χ3n) is 10.5. The number of thioether (sulfide) groups is 1. The largest absolute Gasteiger partial charge is 0.481 e. The van der Waals surface area contributed by atoms with Crippen molar-refractivity contribution in [3.63, 3.8) is 0 Å². The van der Waals surface area contributed by atoms with E-state index >= 15 is 0 Å². The Kier molecular flexibility index (Phi) is 33.7. The van der Waals surface area contributed by atoms with Gasteiger partial charge in [-0.15, -0.1) is 11.8 Å². The highest BCUT2D eigenvalue weighted by molar-refractivity contribution is 8.00. The number of carboxylic acids is 4. The van der Waals surface area contributed by atoms with Gasteiger partial charge in [0.05, 0.1) is 45.9 Å². The van der Waals surface area contributed by atoms with Gasteiger partial charge in [-0.3, -0.25) is 38.4 Å². The fraction of sp³-hybridized carbons (Fsp3) is 0.489. The van der Waals surface area contributed by atoms with Crippen LogP contribution in [0.5, 0.6) is 0 Å². The number of rotatable bonds is 29. The molecule has 2 aromatic carbocycles. The maximum atomic E-state index is 13.1. The van der Waals surface area contributed by atoms with Gasteiger partial charge in [0.2, 0.25) is 21.7 Å². The van der Waals surface area contributed by atoms with Gasteiger partial charge in [0.1, 0.15) is 17.5 Å². The molecule has 30 nitrogen and oxygen atoms in total. The molecule has 0 saturated heterocycles. The molecule has 0 fully saturated rings. The number of sulfone groups is 2. The summed E-state index contributed by atoms with van der Waals surface area (Å²) in [4.78, 5) is 115. The minimum atomic E-state index is -3.95. The zero-order valence-electron chi connectivity index (χ0n) is 42.3. The summed E-state index contributed by atoms with van der Waals surface area (Å²) in [5.74, 6) is -7.97. The first kappa shape index (κ1) is 75.7. The normalized spacial score (nSPS) is 12.8. The van der Waals surface area contributed by atoms with E-state index in [0.717, 1.165) is 53.2 Å². The second-order valence-corrected chi connectivity index (χ2v) is 22.2. The average molecular weight is 1220 g/mol. The molecule has 0 bridgehead atoms. The second-order valence-electron chi connectivity index (χ2n) is 16.8. The lowest BCUT2D eigenvalue weighted by Gasteiger charge is -2.21. The van der Waals surface area contributed by atoms with Crippen molar-refractivity contribution in [3.8, 4) is 0 Å². The quantitative estimate of drug-likeness (QED) is 0.0328. The number of aromatic nitrogens is 8. The van der Waals surface area contributed by atoms with Crippen molar-refractivity contribution in [2.75, 3.05) is 17.3 Å². The number of nitrogens with one attached hydrogen (secondary N) is 2. The Bertz CT molecular complexity index is 3120. The Morgan fingerprint density at radius 1 is 0.630 bits per heavy atom. The van der Waals surface area contributed by atoms with Gasteiger partial charge in [0.25, 0.3) is 0 Å². The number of benzene rings is 2. The van der Waals surface area contributed by atoms with E-state index in [2.05, 4.69) is 44.1 Å². The minimum absolute atomic E-state index is 0. The van der Waals surface area contributed by atoms with E-state index in [1.54, 1.807) is 31.2 Å². The van der Waals surface area contributed by atoms with Crippen molar-refractivity contribution in [1.29, 1.82) is 0 Å². The molecular formula is C47H72N12O18S4. The van der Waals surface area contributed by atoms with Crippen LogP contribution in [0.25, 0.3) is 6.20 Å².